The third-order valence-corrected chi connectivity index (χ3v) is 4.40. The SMILES string of the molecule is CCCCCCCCCCCCCC(CC)O[NH3+].CCC[NH2+]C.[Cl-].[Cl-]. The van der Waals surface area contributed by atoms with Crippen molar-refractivity contribution in [3.63, 3.8) is 0 Å². The van der Waals surface area contributed by atoms with E-state index in [0.717, 1.165) is 6.42 Å². The average Bonchev–Trinajstić information content (AvgIpc) is 2.57. The van der Waals surface area contributed by atoms with Gasteiger partial charge in [-0.05, 0) is 19.3 Å². The van der Waals surface area contributed by atoms with Crippen molar-refractivity contribution < 1.29 is 40.9 Å². The quantitative estimate of drug-likeness (QED) is 0.233. The third-order valence-electron chi connectivity index (χ3n) is 4.40. The van der Waals surface area contributed by atoms with Crippen LogP contribution in [0.5, 0.6) is 0 Å². The maximum Gasteiger partial charge on any atom is 0.116 e. The standard InChI is InChI=1S/C16H36NO.C4H11N.2ClH/c1-3-5-6-7-8-9-10-11-12-13-14-15-16(4-2)18-17;1-3-4-5-2;;/h16H,3-15H2,1-2,17H3;5H,3-4H2,1-2H3;2*1H/q+1;;;/p-1. The molecule has 0 amide bonds. The van der Waals surface area contributed by atoms with Gasteiger partial charge in [0.15, 0.2) is 0 Å². The Morgan fingerprint density at radius 3 is 1.44 bits per heavy atom. The Morgan fingerprint density at radius 2 is 1.16 bits per heavy atom. The average molecular weight is 404 g/mol. The van der Waals surface area contributed by atoms with Gasteiger partial charge < -0.3 is 30.1 Å². The highest BCUT2D eigenvalue weighted by Crippen LogP contribution is 2.13. The van der Waals surface area contributed by atoms with Crippen molar-refractivity contribution in [3.8, 4) is 0 Å². The number of halogens is 2. The summed E-state index contributed by atoms with van der Waals surface area (Å²) in [4.78, 5) is 5.14. The van der Waals surface area contributed by atoms with Crippen molar-refractivity contribution in [3.05, 3.63) is 0 Å². The molecular weight excluding hydrogens is 355 g/mol. The fraction of sp³-hybridized carbons (Fsp3) is 1.00. The number of hydrogen-bond donors (Lipinski definition) is 2. The lowest BCUT2D eigenvalue weighted by Crippen LogP contribution is -3.00. The summed E-state index contributed by atoms with van der Waals surface area (Å²) in [6.45, 7) is 7.90. The summed E-state index contributed by atoms with van der Waals surface area (Å²) in [6.07, 6.45) is 19.5. The van der Waals surface area contributed by atoms with Gasteiger partial charge in [0.25, 0.3) is 0 Å². The van der Waals surface area contributed by atoms with Crippen LogP contribution < -0.4 is 36.0 Å². The van der Waals surface area contributed by atoms with Gasteiger partial charge in [-0.1, -0.05) is 91.4 Å². The minimum Gasteiger partial charge on any atom is -1.00 e. The lowest BCUT2D eigenvalue weighted by molar-refractivity contribution is -0.703. The molecule has 0 aromatic carbocycles. The third kappa shape index (κ3) is 32.6. The summed E-state index contributed by atoms with van der Waals surface area (Å²) >= 11 is 0. The number of nitrogens with two attached hydrogens (primary N) is 1. The van der Waals surface area contributed by atoms with Crippen LogP contribution in [0.3, 0.4) is 0 Å². The molecule has 0 fully saturated rings. The highest BCUT2D eigenvalue weighted by atomic mass is 35.5. The lowest BCUT2D eigenvalue weighted by atomic mass is 10.0. The molecule has 0 rings (SSSR count). The predicted octanol–water partition coefficient (Wildman–Crippen LogP) is -1.76. The fourth-order valence-electron chi connectivity index (χ4n) is 2.73. The summed E-state index contributed by atoms with van der Waals surface area (Å²) in [5.41, 5.74) is 0. The number of quaternary nitrogens is 2. The van der Waals surface area contributed by atoms with Crippen molar-refractivity contribution in [1.82, 2.24) is 0 Å². The van der Waals surface area contributed by atoms with Gasteiger partial charge in [-0.2, -0.15) is 0 Å². The topological polar surface area (TPSA) is 53.5 Å². The second-order valence-electron chi connectivity index (χ2n) is 6.72. The van der Waals surface area contributed by atoms with Crippen molar-refractivity contribution in [1.29, 1.82) is 0 Å². The van der Waals surface area contributed by atoms with E-state index >= 15 is 0 Å². The van der Waals surface area contributed by atoms with E-state index in [9.17, 15) is 0 Å². The Kier molecular flexibility index (Phi) is 42.5. The maximum atomic E-state index is 5.14. The lowest BCUT2D eigenvalue weighted by Gasteiger charge is -2.08. The molecule has 5 heteroatoms. The van der Waals surface area contributed by atoms with Gasteiger partial charge in [-0.15, -0.1) is 0 Å². The zero-order valence-corrected chi connectivity index (χ0v) is 19.1. The van der Waals surface area contributed by atoms with Gasteiger partial charge in [0.2, 0.25) is 0 Å². The molecular formula is C20H48Cl2N2O. The van der Waals surface area contributed by atoms with E-state index < -0.39 is 0 Å². The Hall–Kier alpha value is 0.460. The second kappa shape index (κ2) is 32.2. The molecule has 0 radical (unpaired) electrons. The fourth-order valence-corrected chi connectivity index (χ4v) is 2.73. The van der Waals surface area contributed by atoms with Gasteiger partial charge in [-0.3, -0.25) is 0 Å². The van der Waals surface area contributed by atoms with Gasteiger partial charge in [0.05, 0.1) is 13.6 Å². The van der Waals surface area contributed by atoms with E-state index in [2.05, 4.69) is 39.0 Å². The molecule has 0 heterocycles. The first kappa shape index (κ1) is 33.1. The van der Waals surface area contributed by atoms with Crippen LogP contribution >= 0.6 is 0 Å². The highest BCUT2D eigenvalue weighted by molar-refractivity contribution is 4.54. The molecule has 158 valence electrons. The molecule has 0 aliphatic carbocycles. The first-order valence-electron chi connectivity index (χ1n) is 10.4. The van der Waals surface area contributed by atoms with E-state index in [1.54, 1.807) is 0 Å². The predicted molar refractivity (Wildman–Crippen MR) is 102 cm³/mol. The molecule has 0 aromatic heterocycles. The second-order valence-corrected chi connectivity index (χ2v) is 6.72. The van der Waals surface area contributed by atoms with Gasteiger partial charge in [0.1, 0.15) is 6.10 Å². The van der Waals surface area contributed by atoms with E-state index in [1.807, 2.05) is 0 Å². The molecule has 1 unspecified atom stereocenters. The largest absolute Gasteiger partial charge is 1.00 e. The Labute approximate surface area is 171 Å². The molecule has 0 aromatic rings. The Bertz CT molecular complexity index is 193. The first-order valence-corrected chi connectivity index (χ1v) is 10.4. The summed E-state index contributed by atoms with van der Waals surface area (Å²) in [7, 11) is 2.09. The highest BCUT2D eigenvalue weighted by Gasteiger charge is 2.05. The minimum absolute atomic E-state index is 0. The van der Waals surface area contributed by atoms with Crippen LogP contribution in [0.4, 0.5) is 0 Å². The molecule has 0 bridgehead atoms. The number of unbranched alkanes of at least 4 members (excludes halogenated alkanes) is 10. The van der Waals surface area contributed by atoms with Crippen molar-refractivity contribution in [2.75, 3.05) is 13.6 Å². The van der Waals surface area contributed by atoms with E-state index in [-0.39, 0.29) is 24.8 Å². The van der Waals surface area contributed by atoms with Crippen molar-refractivity contribution >= 4 is 0 Å². The normalized spacial score (nSPS) is 10.9. The van der Waals surface area contributed by atoms with Crippen LogP contribution in [0.2, 0.25) is 0 Å². The van der Waals surface area contributed by atoms with Crippen molar-refractivity contribution in [2.24, 2.45) is 0 Å². The van der Waals surface area contributed by atoms with E-state index in [0.29, 0.717) is 6.10 Å². The van der Waals surface area contributed by atoms with Gasteiger partial charge >= 0.3 is 0 Å². The molecule has 3 nitrogen and oxygen atoms in total. The zero-order valence-electron chi connectivity index (χ0n) is 17.6. The number of rotatable bonds is 16. The maximum absolute atomic E-state index is 5.14. The van der Waals surface area contributed by atoms with Crippen molar-refractivity contribution in [2.45, 2.75) is 117 Å². The molecule has 5 N–H and O–H groups in total. The minimum atomic E-state index is 0. The van der Waals surface area contributed by atoms with Crippen LogP contribution in [0.15, 0.2) is 0 Å². The molecule has 1 atom stereocenters. The van der Waals surface area contributed by atoms with Crippen LogP contribution in [0.1, 0.15) is 111 Å². The molecule has 25 heavy (non-hydrogen) atoms. The molecule has 0 saturated heterocycles. The number of hydrogen-bond acceptors (Lipinski definition) is 1. The summed E-state index contributed by atoms with van der Waals surface area (Å²) < 4.78 is 0. The van der Waals surface area contributed by atoms with Crippen LogP contribution in [0, 0.1) is 0 Å². The summed E-state index contributed by atoms with van der Waals surface area (Å²) in [5.74, 6) is 3.53. The monoisotopic (exact) mass is 402 g/mol. The zero-order chi connectivity index (χ0) is 17.6. The van der Waals surface area contributed by atoms with Crippen LogP contribution in [0.25, 0.3) is 0 Å². The molecule has 0 aliphatic rings. The first-order chi connectivity index (χ1) is 11.3. The van der Waals surface area contributed by atoms with E-state index in [4.69, 9.17) is 4.84 Å². The molecule has 0 saturated carbocycles. The van der Waals surface area contributed by atoms with Gasteiger partial charge in [0, 0.05) is 0 Å². The summed E-state index contributed by atoms with van der Waals surface area (Å²) in [5, 5.41) is 2.18. The Morgan fingerprint density at radius 1 is 0.720 bits per heavy atom. The van der Waals surface area contributed by atoms with Crippen LogP contribution in [-0.2, 0) is 4.84 Å². The van der Waals surface area contributed by atoms with E-state index in [1.165, 1.54) is 90.0 Å². The van der Waals surface area contributed by atoms with Gasteiger partial charge in [-0.25, -0.2) is 10.7 Å². The molecule has 0 spiro atoms. The Balaban J connectivity index is -0.000000276. The summed E-state index contributed by atoms with van der Waals surface area (Å²) in [6, 6.07) is 0. The van der Waals surface area contributed by atoms with Crippen LogP contribution in [-0.4, -0.2) is 19.7 Å². The smallest absolute Gasteiger partial charge is 0.116 e. The molecule has 0 aliphatic heterocycles.